The van der Waals surface area contributed by atoms with Crippen molar-refractivity contribution < 1.29 is 58.2 Å². The summed E-state index contributed by atoms with van der Waals surface area (Å²) in [7, 11) is 1.58. The number of nitrogens with two attached hydrogens (primary N) is 2. The molecule has 3 aliphatic heterocycles. The lowest BCUT2D eigenvalue weighted by molar-refractivity contribution is -0.143. The van der Waals surface area contributed by atoms with Crippen LogP contribution < -0.4 is 43.4 Å². The average Bonchev–Trinajstić information content (AvgIpc) is 4.00. The predicted octanol–water partition coefficient (Wildman–Crippen LogP) is -5.64. The Morgan fingerprint density at radius 1 is 0.754 bits per heavy atom. The molecule has 0 aromatic heterocycles. The van der Waals surface area contributed by atoms with Crippen LogP contribution in [0.2, 0.25) is 0 Å². The van der Waals surface area contributed by atoms with E-state index in [0.29, 0.717) is 25.8 Å². The van der Waals surface area contributed by atoms with Gasteiger partial charge in [-0.15, -0.1) is 0 Å². The molecular weight excluding hydrogens is 804 g/mol. The molecular formula is C37H60N12O12. The first kappa shape index (κ1) is 49.5. The minimum atomic E-state index is -1.52. The van der Waals surface area contributed by atoms with E-state index in [-0.39, 0.29) is 63.6 Å². The molecule has 0 bridgehead atoms. The molecule has 0 aliphatic carbocycles. The largest absolute Gasteiger partial charge is 0.481 e. The fourth-order valence-electron chi connectivity index (χ4n) is 7.36. The third kappa shape index (κ3) is 14.9. The molecule has 3 fully saturated rings. The smallest absolute Gasteiger partial charge is 0.303 e. The summed E-state index contributed by atoms with van der Waals surface area (Å²) in [6.45, 7) is 1.76. The van der Waals surface area contributed by atoms with Crippen LogP contribution in [0.15, 0.2) is 4.99 Å². The standard InChI is InChI=1S/C37H60N12O12/c1-20(40-3)32(57)43-17-30(54)48-14-6-9-26(48)35(60)46-23(7-4-12-41-37(38)39)33(58)42-16-28(52)45-24(10-11-31(55)56)36(61)49-19-22(51)15-27(49)34(59)44-18-29(53)47-13-5-8-25(47)21(2)50/h20,22-27,40,51H,4-19H2,1-3H3,(H,42,58)(H,43,57)(H,44,59)(H,45,52)(H,46,60)(H,55,56)(H4,38,39,41). The third-order valence-electron chi connectivity index (χ3n) is 10.7. The number of aliphatic hydroxyl groups excluding tert-OH is 1. The molecule has 8 amide bonds. The molecule has 0 saturated carbocycles. The summed E-state index contributed by atoms with van der Waals surface area (Å²) < 4.78 is 0. The Hall–Kier alpha value is -5.91. The number of amides is 8. The Morgan fingerprint density at radius 2 is 1.36 bits per heavy atom. The SMILES string of the molecule is CNC(C)C(=O)NCC(=O)N1CCCC1C(=O)NC(CCCN=C(N)N)C(=O)NCC(=O)NC(CCC(=O)O)C(=O)N1CC(O)CC1C(=O)NCC(=O)N1CCCC1C(C)=O. The maximum absolute atomic E-state index is 13.8. The number of hydrogen-bond acceptors (Lipinski definition) is 13. The number of likely N-dealkylation sites (tertiary alicyclic amines) is 3. The second kappa shape index (κ2) is 23.8. The number of likely N-dealkylation sites (N-methyl/N-ethyl adjacent to an activating group) is 1. The van der Waals surface area contributed by atoms with Crippen LogP contribution in [-0.2, 0) is 47.9 Å². The lowest BCUT2D eigenvalue weighted by Gasteiger charge is -2.29. The van der Waals surface area contributed by atoms with Gasteiger partial charge in [-0.2, -0.15) is 0 Å². The molecule has 3 rings (SSSR count). The zero-order chi connectivity index (χ0) is 45.4. The van der Waals surface area contributed by atoms with Gasteiger partial charge in [-0.25, -0.2) is 0 Å². The van der Waals surface area contributed by atoms with Gasteiger partial charge >= 0.3 is 5.97 Å². The molecule has 0 aromatic rings. The van der Waals surface area contributed by atoms with Gasteiger partial charge in [0.05, 0.1) is 37.8 Å². The monoisotopic (exact) mass is 864 g/mol. The van der Waals surface area contributed by atoms with E-state index in [1.807, 2.05) is 0 Å². The highest BCUT2D eigenvalue weighted by Gasteiger charge is 2.42. The molecule has 7 atom stereocenters. The Balaban J connectivity index is 1.66. The van der Waals surface area contributed by atoms with E-state index in [2.05, 4.69) is 36.9 Å². The lowest BCUT2D eigenvalue weighted by Crippen LogP contribution is -2.56. The van der Waals surface area contributed by atoms with Crippen LogP contribution in [-0.4, -0.2) is 185 Å². The number of aliphatic imine (C=N–C) groups is 1. The number of carboxylic acids is 1. The maximum atomic E-state index is 13.8. The zero-order valence-corrected chi connectivity index (χ0v) is 34.8. The van der Waals surface area contributed by atoms with Crippen LogP contribution in [0.1, 0.15) is 71.6 Å². The van der Waals surface area contributed by atoms with E-state index in [0.717, 1.165) is 4.90 Å². The van der Waals surface area contributed by atoms with Gasteiger partial charge < -0.3 is 68.3 Å². The topological polar surface area (TPSA) is 357 Å². The number of rotatable bonds is 22. The van der Waals surface area contributed by atoms with Crippen molar-refractivity contribution in [3.63, 3.8) is 0 Å². The van der Waals surface area contributed by atoms with Gasteiger partial charge in [0.1, 0.15) is 24.2 Å². The van der Waals surface area contributed by atoms with Gasteiger partial charge in [0.15, 0.2) is 11.7 Å². The van der Waals surface area contributed by atoms with Crippen LogP contribution in [0.25, 0.3) is 0 Å². The number of carboxylic acid groups (broad SMARTS) is 1. The van der Waals surface area contributed by atoms with Crippen molar-refractivity contribution in [2.45, 2.75) is 114 Å². The summed E-state index contributed by atoms with van der Waals surface area (Å²) in [4.78, 5) is 136. The maximum Gasteiger partial charge on any atom is 0.303 e. The summed E-state index contributed by atoms with van der Waals surface area (Å²) in [5.74, 6) is -7.17. The van der Waals surface area contributed by atoms with Crippen molar-refractivity contribution in [3.05, 3.63) is 0 Å². The molecule has 0 spiro atoms. The van der Waals surface area contributed by atoms with Gasteiger partial charge in [-0.1, -0.05) is 0 Å². The third-order valence-corrected chi connectivity index (χ3v) is 10.7. The predicted molar refractivity (Wildman–Crippen MR) is 214 cm³/mol. The van der Waals surface area contributed by atoms with Crippen LogP contribution >= 0.6 is 0 Å². The van der Waals surface area contributed by atoms with E-state index in [9.17, 15) is 58.2 Å². The molecule has 12 N–H and O–H groups in total. The molecule has 61 heavy (non-hydrogen) atoms. The van der Waals surface area contributed by atoms with E-state index in [4.69, 9.17) is 11.5 Å². The second-order valence-corrected chi connectivity index (χ2v) is 15.2. The molecule has 3 heterocycles. The summed E-state index contributed by atoms with van der Waals surface area (Å²) in [6.07, 6.45) is -0.285. The van der Waals surface area contributed by atoms with E-state index >= 15 is 0 Å². The van der Waals surface area contributed by atoms with Crippen molar-refractivity contribution in [3.8, 4) is 0 Å². The minimum Gasteiger partial charge on any atom is -0.481 e. The average molecular weight is 865 g/mol. The number of nitrogens with zero attached hydrogens (tertiary/aromatic N) is 4. The first-order valence-corrected chi connectivity index (χ1v) is 20.3. The van der Waals surface area contributed by atoms with E-state index < -0.39 is 122 Å². The van der Waals surface area contributed by atoms with Crippen molar-refractivity contribution in [1.29, 1.82) is 0 Å². The number of aliphatic hydroxyl groups is 1. The minimum absolute atomic E-state index is 0.00397. The first-order chi connectivity index (χ1) is 28.8. The fraction of sp³-hybridized carbons (Fsp3) is 0.703. The molecule has 3 saturated heterocycles. The highest BCUT2D eigenvalue weighted by atomic mass is 16.4. The fourth-order valence-corrected chi connectivity index (χ4v) is 7.36. The number of nitrogens with one attached hydrogen (secondary N) is 6. The number of Topliss-reactive ketones (excluding diaryl/α,β-unsaturated/α-hetero) is 1. The van der Waals surface area contributed by atoms with Crippen molar-refractivity contribution in [2.75, 3.05) is 52.9 Å². The second-order valence-electron chi connectivity index (χ2n) is 15.2. The molecule has 24 heteroatoms. The van der Waals surface area contributed by atoms with Gasteiger partial charge in [-0.05, 0) is 65.8 Å². The molecule has 3 aliphatic rings. The quantitative estimate of drug-likeness (QED) is 0.0276. The summed E-state index contributed by atoms with van der Waals surface area (Å²) in [6, 6.07) is -6.15. The number of guanidine groups is 1. The number of β-amino-alcohol motifs (C(OH)–C–C–N with tert-alkyl or cyclic N) is 1. The van der Waals surface area contributed by atoms with Crippen molar-refractivity contribution in [2.24, 2.45) is 16.5 Å². The van der Waals surface area contributed by atoms with E-state index in [1.165, 1.54) is 16.7 Å². The van der Waals surface area contributed by atoms with Crippen molar-refractivity contribution >= 4 is 65.0 Å². The Morgan fingerprint density at radius 3 is 1.97 bits per heavy atom. The summed E-state index contributed by atoms with van der Waals surface area (Å²) in [5.41, 5.74) is 10.8. The van der Waals surface area contributed by atoms with Gasteiger partial charge in [0, 0.05) is 39.0 Å². The molecule has 7 unspecified atom stereocenters. The number of hydrogen-bond donors (Lipinski definition) is 10. The molecule has 24 nitrogen and oxygen atoms in total. The molecule has 0 radical (unpaired) electrons. The van der Waals surface area contributed by atoms with Gasteiger partial charge in [0.25, 0.3) is 0 Å². The van der Waals surface area contributed by atoms with Gasteiger partial charge in [0.2, 0.25) is 47.3 Å². The Labute approximate surface area is 352 Å². The van der Waals surface area contributed by atoms with E-state index in [1.54, 1.807) is 14.0 Å². The number of carbonyl (C=O) groups excluding carboxylic acids is 9. The van der Waals surface area contributed by atoms with Crippen LogP contribution in [0.5, 0.6) is 0 Å². The first-order valence-electron chi connectivity index (χ1n) is 20.3. The van der Waals surface area contributed by atoms with Crippen LogP contribution in [0, 0.1) is 0 Å². The van der Waals surface area contributed by atoms with Crippen LogP contribution in [0.4, 0.5) is 0 Å². The number of ketones is 1. The number of carbonyl (C=O) groups is 10. The summed E-state index contributed by atoms with van der Waals surface area (Å²) in [5, 5.41) is 35.0. The summed E-state index contributed by atoms with van der Waals surface area (Å²) >= 11 is 0. The molecule has 340 valence electrons. The molecule has 0 aromatic carbocycles. The Kier molecular flexibility index (Phi) is 19.3. The lowest BCUT2D eigenvalue weighted by atomic mass is 10.1. The normalized spacial score (nSPS) is 21.1. The zero-order valence-electron chi connectivity index (χ0n) is 34.8. The number of aliphatic carboxylic acids is 1. The van der Waals surface area contributed by atoms with Crippen molar-refractivity contribution in [1.82, 2.24) is 46.6 Å². The van der Waals surface area contributed by atoms with Crippen LogP contribution in [0.3, 0.4) is 0 Å². The Bertz CT molecular complexity index is 1690. The van der Waals surface area contributed by atoms with Gasteiger partial charge in [-0.3, -0.25) is 52.9 Å². The highest BCUT2D eigenvalue weighted by Crippen LogP contribution is 2.22. The highest BCUT2D eigenvalue weighted by molar-refractivity contribution is 5.97.